The second-order valence-electron chi connectivity index (χ2n) is 4.41. The predicted octanol–water partition coefficient (Wildman–Crippen LogP) is 2.18. The molecule has 0 spiro atoms. The Balaban J connectivity index is 2.48. The van der Waals surface area contributed by atoms with Crippen LogP contribution in [0.15, 0.2) is 4.99 Å². The Bertz CT molecular complexity index is 195. The molecule has 0 amide bonds. The zero-order valence-electron chi connectivity index (χ0n) is 9.49. The van der Waals surface area contributed by atoms with Crippen LogP contribution in [0.1, 0.15) is 46.0 Å². The molecule has 0 heterocycles. The van der Waals surface area contributed by atoms with Gasteiger partial charge in [0.25, 0.3) is 0 Å². The first-order valence-electron chi connectivity index (χ1n) is 5.59. The normalized spacial score (nSPS) is 20.1. The van der Waals surface area contributed by atoms with Gasteiger partial charge in [-0.3, -0.25) is 0 Å². The van der Waals surface area contributed by atoms with Gasteiger partial charge in [-0.05, 0) is 0 Å². The number of rotatable bonds is 2. The molecule has 1 radical (unpaired) electrons. The van der Waals surface area contributed by atoms with Gasteiger partial charge >= 0.3 is 95.7 Å². The third kappa shape index (κ3) is 3.62. The Morgan fingerprint density at radius 1 is 1.29 bits per heavy atom. The van der Waals surface area contributed by atoms with E-state index in [9.17, 15) is 0 Å². The fourth-order valence-electron chi connectivity index (χ4n) is 1.68. The zero-order chi connectivity index (χ0) is 10.6. The molecule has 0 aromatic rings. The van der Waals surface area contributed by atoms with Gasteiger partial charge in [0.1, 0.15) is 0 Å². The molecule has 3 heteroatoms. The summed E-state index contributed by atoms with van der Waals surface area (Å²) in [6, 6.07) is 1.10. The SMILES string of the molecule is CC(C)N(C)C([Se])=NC1CCCCC1. The fourth-order valence-corrected chi connectivity index (χ4v) is 2.43. The maximum absolute atomic E-state index is 4.74. The van der Waals surface area contributed by atoms with Gasteiger partial charge in [-0.15, -0.1) is 0 Å². The monoisotopic (exact) mass is 261 g/mol. The third-order valence-corrected chi connectivity index (χ3v) is 3.77. The average molecular weight is 260 g/mol. The van der Waals surface area contributed by atoms with Gasteiger partial charge in [-0.1, -0.05) is 0 Å². The van der Waals surface area contributed by atoms with Gasteiger partial charge < -0.3 is 0 Å². The Morgan fingerprint density at radius 2 is 1.86 bits per heavy atom. The summed E-state index contributed by atoms with van der Waals surface area (Å²) in [7, 11) is 2.10. The molecule has 0 aliphatic heterocycles. The summed E-state index contributed by atoms with van der Waals surface area (Å²) in [6.45, 7) is 4.38. The number of hydrogen-bond acceptors (Lipinski definition) is 1. The van der Waals surface area contributed by atoms with E-state index < -0.39 is 0 Å². The molecule has 1 rings (SSSR count). The zero-order valence-corrected chi connectivity index (χ0v) is 11.2. The van der Waals surface area contributed by atoms with Gasteiger partial charge in [-0.25, -0.2) is 0 Å². The number of aliphatic imine (C=N–C) groups is 1. The second-order valence-corrected chi connectivity index (χ2v) is 5.17. The van der Waals surface area contributed by atoms with Crippen LogP contribution in [0.3, 0.4) is 0 Å². The molecular formula is C11H21N2Se. The van der Waals surface area contributed by atoms with E-state index in [-0.39, 0.29) is 0 Å². The standard InChI is InChI=1S/C11H21N2Se/c1-9(2)13(3)11(14)12-10-7-5-4-6-8-10/h9-10H,4-8H2,1-3H3. The van der Waals surface area contributed by atoms with Crippen molar-refractivity contribution in [3.05, 3.63) is 0 Å². The van der Waals surface area contributed by atoms with Gasteiger partial charge in [0.05, 0.1) is 0 Å². The Hall–Kier alpha value is -0.0105. The van der Waals surface area contributed by atoms with Crippen LogP contribution < -0.4 is 0 Å². The van der Waals surface area contributed by atoms with E-state index in [4.69, 9.17) is 4.99 Å². The molecule has 0 saturated heterocycles. The van der Waals surface area contributed by atoms with Crippen LogP contribution in [0.5, 0.6) is 0 Å². The van der Waals surface area contributed by atoms with Crippen LogP contribution in [0.4, 0.5) is 0 Å². The van der Waals surface area contributed by atoms with E-state index in [1.807, 2.05) is 0 Å². The quantitative estimate of drug-likeness (QED) is 0.422. The van der Waals surface area contributed by atoms with Gasteiger partial charge in [0.15, 0.2) is 0 Å². The van der Waals surface area contributed by atoms with Gasteiger partial charge in [0.2, 0.25) is 0 Å². The number of amidine groups is 1. The van der Waals surface area contributed by atoms with Crippen LogP contribution in [0.2, 0.25) is 0 Å². The summed E-state index contributed by atoms with van der Waals surface area (Å²) in [6.07, 6.45) is 6.66. The first-order chi connectivity index (χ1) is 6.61. The molecule has 0 unspecified atom stereocenters. The van der Waals surface area contributed by atoms with E-state index >= 15 is 0 Å². The molecule has 0 N–H and O–H groups in total. The summed E-state index contributed by atoms with van der Waals surface area (Å²) in [5.74, 6) is 0. The molecule has 1 fully saturated rings. The summed E-state index contributed by atoms with van der Waals surface area (Å²) in [5.41, 5.74) is 0. The topological polar surface area (TPSA) is 15.6 Å². The van der Waals surface area contributed by atoms with Gasteiger partial charge in [0, 0.05) is 0 Å². The number of hydrogen-bond donors (Lipinski definition) is 0. The molecule has 0 aromatic carbocycles. The minimum absolute atomic E-state index is 0.526. The number of nitrogens with zero attached hydrogens (tertiary/aromatic N) is 2. The summed E-state index contributed by atoms with van der Waals surface area (Å²) in [4.78, 5) is 6.95. The van der Waals surface area contributed by atoms with E-state index in [2.05, 4.69) is 41.8 Å². The van der Waals surface area contributed by atoms with Crippen LogP contribution in [-0.2, 0) is 0 Å². The summed E-state index contributed by atoms with van der Waals surface area (Å²) in [5, 5.41) is 0. The van der Waals surface area contributed by atoms with Crippen molar-refractivity contribution in [2.45, 2.75) is 58.0 Å². The fraction of sp³-hybridized carbons (Fsp3) is 0.909. The van der Waals surface area contributed by atoms with Crippen LogP contribution in [0, 0.1) is 0 Å². The molecule has 0 atom stereocenters. The van der Waals surface area contributed by atoms with Gasteiger partial charge in [-0.2, -0.15) is 0 Å². The molecule has 1 aliphatic rings. The first kappa shape index (κ1) is 12.1. The maximum atomic E-state index is 4.74. The molecule has 81 valence electrons. The molecule has 0 bridgehead atoms. The van der Waals surface area contributed by atoms with Crippen molar-refractivity contribution >= 4 is 20.7 Å². The van der Waals surface area contributed by atoms with E-state index in [0.29, 0.717) is 12.1 Å². The van der Waals surface area contributed by atoms with Crippen molar-refractivity contribution in [1.82, 2.24) is 4.90 Å². The predicted molar refractivity (Wildman–Crippen MR) is 63.0 cm³/mol. The summed E-state index contributed by atoms with van der Waals surface area (Å²) < 4.78 is 1.08. The van der Waals surface area contributed by atoms with Crippen molar-refractivity contribution < 1.29 is 0 Å². The molecule has 2 nitrogen and oxygen atoms in total. The Labute approximate surface area is 96.0 Å². The molecule has 1 saturated carbocycles. The minimum atomic E-state index is 0.526. The first-order valence-corrected chi connectivity index (χ1v) is 6.44. The van der Waals surface area contributed by atoms with Crippen molar-refractivity contribution in [2.24, 2.45) is 4.99 Å². The van der Waals surface area contributed by atoms with Crippen LogP contribution >= 0.6 is 0 Å². The van der Waals surface area contributed by atoms with Crippen molar-refractivity contribution in [3.63, 3.8) is 0 Å². The van der Waals surface area contributed by atoms with Crippen molar-refractivity contribution in [1.29, 1.82) is 0 Å². The van der Waals surface area contributed by atoms with Crippen molar-refractivity contribution in [3.8, 4) is 0 Å². The Morgan fingerprint density at radius 3 is 2.36 bits per heavy atom. The van der Waals surface area contributed by atoms with E-state index in [1.54, 1.807) is 0 Å². The van der Waals surface area contributed by atoms with E-state index in [0.717, 1.165) is 4.73 Å². The van der Waals surface area contributed by atoms with Crippen LogP contribution in [0.25, 0.3) is 0 Å². The van der Waals surface area contributed by atoms with Crippen LogP contribution in [-0.4, -0.2) is 44.8 Å². The third-order valence-electron chi connectivity index (χ3n) is 2.94. The second kappa shape index (κ2) is 5.77. The molecule has 0 aromatic heterocycles. The molecule has 14 heavy (non-hydrogen) atoms. The van der Waals surface area contributed by atoms with Crippen molar-refractivity contribution in [2.75, 3.05) is 7.05 Å². The molecular weight excluding hydrogens is 239 g/mol. The van der Waals surface area contributed by atoms with E-state index in [1.165, 1.54) is 32.1 Å². The summed E-state index contributed by atoms with van der Waals surface area (Å²) >= 11 is 3.08. The Kier molecular flexibility index (Phi) is 4.97. The molecule has 1 aliphatic carbocycles. The average Bonchev–Trinajstić information content (AvgIpc) is 2.18.